The van der Waals surface area contributed by atoms with Gasteiger partial charge in [0.2, 0.25) is 11.8 Å². The first-order valence-electron chi connectivity index (χ1n) is 11.5. The van der Waals surface area contributed by atoms with Gasteiger partial charge in [0, 0.05) is 13.6 Å². The van der Waals surface area contributed by atoms with E-state index in [-0.39, 0.29) is 17.3 Å². The van der Waals surface area contributed by atoms with E-state index in [1.807, 2.05) is 13.0 Å². The number of methoxy groups -OCH3 is 1. The molecule has 0 spiro atoms. The fourth-order valence-corrected chi connectivity index (χ4v) is 5.13. The Balaban J connectivity index is 2.00. The lowest BCUT2D eigenvalue weighted by molar-refractivity contribution is -0.139. The van der Waals surface area contributed by atoms with Crippen molar-refractivity contribution in [3.05, 3.63) is 90.0 Å². The van der Waals surface area contributed by atoms with E-state index in [0.29, 0.717) is 11.4 Å². The van der Waals surface area contributed by atoms with Crippen LogP contribution in [0.15, 0.2) is 83.8 Å². The van der Waals surface area contributed by atoms with Crippen LogP contribution in [0.4, 0.5) is 5.69 Å². The van der Waals surface area contributed by atoms with Crippen molar-refractivity contribution >= 4 is 27.5 Å². The van der Waals surface area contributed by atoms with Gasteiger partial charge in [0.05, 0.1) is 17.7 Å². The van der Waals surface area contributed by atoms with Crippen LogP contribution in [0.3, 0.4) is 0 Å². The summed E-state index contributed by atoms with van der Waals surface area (Å²) >= 11 is 0. The van der Waals surface area contributed by atoms with Gasteiger partial charge in [0.25, 0.3) is 10.0 Å². The number of para-hydroxylation sites is 1. The molecule has 1 atom stereocenters. The molecule has 0 aromatic heterocycles. The zero-order chi connectivity index (χ0) is 26.3. The van der Waals surface area contributed by atoms with Crippen molar-refractivity contribution in [3.63, 3.8) is 0 Å². The Hall–Kier alpha value is -3.85. The molecule has 0 bridgehead atoms. The number of hydrogen-bond acceptors (Lipinski definition) is 5. The molecule has 0 saturated carbocycles. The van der Waals surface area contributed by atoms with Gasteiger partial charge < -0.3 is 15.0 Å². The van der Waals surface area contributed by atoms with E-state index in [1.165, 1.54) is 24.1 Å². The summed E-state index contributed by atoms with van der Waals surface area (Å²) in [4.78, 5) is 27.6. The molecule has 190 valence electrons. The fourth-order valence-electron chi connectivity index (χ4n) is 3.72. The minimum absolute atomic E-state index is 0.0726. The van der Waals surface area contributed by atoms with Crippen molar-refractivity contribution in [1.82, 2.24) is 10.2 Å². The molecule has 0 fully saturated rings. The van der Waals surface area contributed by atoms with Gasteiger partial charge in [-0.05, 0) is 55.8 Å². The molecule has 0 radical (unpaired) electrons. The predicted molar refractivity (Wildman–Crippen MR) is 139 cm³/mol. The maximum atomic E-state index is 13.7. The summed E-state index contributed by atoms with van der Waals surface area (Å²) in [6.07, 6.45) is 0. The Kier molecular flexibility index (Phi) is 8.71. The Bertz CT molecular complexity index is 1290. The first-order valence-corrected chi connectivity index (χ1v) is 12.9. The van der Waals surface area contributed by atoms with Gasteiger partial charge in [-0.25, -0.2) is 8.42 Å². The lowest BCUT2D eigenvalue weighted by Gasteiger charge is -2.31. The van der Waals surface area contributed by atoms with Gasteiger partial charge in [-0.3, -0.25) is 13.9 Å². The standard InChI is InChI=1S/C27H31N3O5S/c1-20-13-15-25(16-14-20)36(33,34)30(23-10-6-5-7-11-23)19-26(31)29(21(2)27(32)28-3)18-22-9-8-12-24(17-22)35-4/h5-17,21H,18-19H2,1-4H3,(H,28,32)/t21-/m0/s1. The van der Waals surface area contributed by atoms with Crippen LogP contribution in [-0.4, -0.2) is 51.9 Å². The van der Waals surface area contributed by atoms with E-state index < -0.39 is 28.5 Å². The molecule has 9 heteroatoms. The van der Waals surface area contributed by atoms with E-state index in [9.17, 15) is 18.0 Å². The average Bonchev–Trinajstić information content (AvgIpc) is 2.90. The molecule has 8 nitrogen and oxygen atoms in total. The number of carbonyl (C=O) groups is 2. The number of carbonyl (C=O) groups excluding carboxylic acids is 2. The van der Waals surface area contributed by atoms with Crippen LogP contribution in [0.1, 0.15) is 18.1 Å². The zero-order valence-corrected chi connectivity index (χ0v) is 21.7. The van der Waals surface area contributed by atoms with Gasteiger partial charge in [0.15, 0.2) is 0 Å². The second kappa shape index (κ2) is 11.7. The Morgan fingerprint density at radius 2 is 1.64 bits per heavy atom. The fraction of sp³-hybridized carbons (Fsp3) is 0.259. The topological polar surface area (TPSA) is 96.0 Å². The van der Waals surface area contributed by atoms with Gasteiger partial charge in [-0.15, -0.1) is 0 Å². The summed E-state index contributed by atoms with van der Waals surface area (Å²) in [6.45, 7) is 3.09. The minimum Gasteiger partial charge on any atom is -0.497 e. The Morgan fingerprint density at radius 1 is 0.972 bits per heavy atom. The highest BCUT2D eigenvalue weighted by Crippen LogP contribution is 2.25. The molecular weight excluding hydrogens is 478 g/mol. The van der Waals surface area contributed by atoms with Crippen LogP contribution in [0, 0.1) is 6.92 Å². The van der Waals surface area contributed by atoms with Gasteiger partial charge in [-0.2, -0.15) is 0 Å². The van der Waals surface area contributed by atoms with E-state index in [4.69, 9.17) is 4.74 Å². The number of aryl methyl sites for hydroxylation is 1. The van der Waals surface area contributed by atoms with Crippen molar-refractivity contribution in [2.24, 2.45) is 0 Å². The highest BCUT2D eigenvalue weighted by atomic mass is 32.2. The average molecular weight is 510 g/mol. The molecule has 3 rings (SSSR count). The van der Waals surface area contributed by atoms with Crippen molar-refractivity contribution < 1.29 is 22.7 Å². The lowest BCUT2D eigenvalue weighted by atomic mass is 10.1. The number of benzene rings is 3. The summed E-state index contributed by atoms with van der Waals surface area (Å²) in [5, 5.41) is 2.57. The third-order valence-electron chi connectivity index (χ3n) is 5.83. The van der Waals surface area contributed by atoms with E-state index in [0.717, 1.165) is 15.4 Å². The maximum absolute atomic E-state index is 13.7. The summed E-state index contributed by atoms with van der Waals surface area (Å²) in [5.74, 6) is -0.271. The molecule has 2 amide bonds. The molecule has 1 N–H and O–H groups in total. The van der Waals surface area contributed by atoms with Crippen LogP contribution in [0.5, 0.6) is 5.75 Å². The van der Waals surface area contributed by atoms with Gasteiger partial charge in [-0.1, -0.05) is 48.0 Å². The molecule has 0 aliphatic heterocycles. The number of nitrogens with one attached hydrogen (secondary N) is 1. The summed E-state index contributed by atoms with van der Waals surface area (Å²) in [7, 11) is -1.03. The van der Waals surface area contributed by atoms with Crippen LogP contribution >= 0.6 is 0 Å². The molecule has 3 aromatic rings. The number of ether oxygens (including phenoxy) is 1. The van der Waals surface area contributed by atoms with Gasteiger partial charge >= 0.3 is 0 Å². The summed E-state index contributed by atoms with van der Waals surface area (Å²) in [6, 6.07) is 21.2. The molecule has 0 aliphatic carbocycles. The first-order chi connectivity index (χ1) is 17.2. The molecule has 0 heterocycles. The van der Waals surface area contributed by atoms with Crippen LogP contribution in [0.25, 0.3) is 0 Å². The highest BCUT2D eigenvalue weighted by Gasteiger charge is 2.32. The van der Waals surface area contributed by atoms with Crippen LogP contribution < -0.4 is 14.4 Å². The monoisotopic (exact) mass is 509 g/mol. The SMILES string of the molecule is CNC(=O)[C@H](C)N(Cc1cccc(OC)c1)C(=O)CN(c1ccccc1)S(=O)(=O)c1ccc(C)cc1. The largest absolute Gasteiger partial charge is 0.497 e. The third kappa shape index (κ3) is 6.23. The summed E-state index contributed by atoms with van der Waals surface area (Å²) in [5.41, 5.74) is 2.01. The maximum Gasteiger partial charge on any atom is 0.264 e. The number of amides is 2. The second-order valence-corrected chi connectivity index (χ2v) is 10.2. The second-order valence-electron chi connectivity index (χ2n) is 8.32. The smallest absolute Gasteiger partial charge is 0.264 e. The highest BCUT2D eigenvalue weighted by molar-refractivity contribution is 7.92. The lowest BCUT2D eigenvalue weighted by Crippen LogP contribution is -2.50. The number of nitrogens with zero attached hydrogens (tertiary/aromatic N) is 2. The molecule has 0 aliphatic rings. The quantitative estimate of drug-likeness (QED) is 0.452. The molecular formula is C27H31N3O5S. The van der Waals surface area contributed by atoms with Crippen molar-refractivity contribution in [3.8, 4) is 5.75 Å². The van der Waals surface area contributed by atoms with Crippen molar-refractivity contribution in [2.45, 2.75) is 31.3 Å². The van der Waals surface area contributed by atoms with Crippen LogP contribution in [0.2, 0.25) is 0 Å². The van der Waals surface area contributed by atoms with E-state index >= 15 is 0 Å². The first kappa shape index (κ1) is 26.7. The normalized spacial score (nSPS) is 11.9. The number of anilines is 1. The minimum atomic E-state index is -4.07. The number of rotatable bonds is 10. The predicted octanol–water partition coefficient (Wildman–Crippen LogP) is 3.36. The number of sulfonamides is 1. The molecule has 0 saturated heterocycles. The number of hydrogen-bond donors (Lipinski definition) is 1. The van der Waals surface area contributed by atoms with Gasteiger partial charge in [0.1, 0.15) is 18.3 Å². The van der Waals surface area contributed by atoms with Crippen molar-refractivity contribution in [1.29, 1.82) is 0 Å². The molecule has 36 heavy (non-hydrogen) atoms. The molecule has 3 aromatic carbocycles. The molecule has 0 unspecified atom stereocenters. The van der Waals surface area contributed by atoms with Crippen molar-refractivity contribution in [2.75, 3.05) is 25.0 Å². The third-order valence-corrected chi connectivity index (χ3v) is 7.62. The summed E-state index contributed by atoms with van der Waals surface area (Å²) < 4.78 is 33.7. The number of likely N-dealkylation sites (N-methyl/N-ethyl adjacent to an activating group) is 1. The zero-order valence-electron chi connectivity index (χ0n) is 20.8. The Labute approximate surface area is 212 Å². The van der Waals surface area contributed by atoms with E-state index in [2.05, 4.69) is 5.32 Å². The van der Waals surface area contributed by atoms with E-state index in [1.54, 1.807) is 74.7 Å². The Morgan fingerprint density at radius 3 is 2.25 bits per heavy atom. The van der Waals surface area contributed by atoms with Crippen LogP contribution in [-0.2, 0) is 26.2 Å².